The summed E-state index contributed by atoms with van der Waals surface area (Å²) in [6, 6.07) is 18.2. The highest BCUT2D eigenvalue weighted by molar-refractivity contribution is 6.74. The number of hydrogen-bond acceptors (Lipinski definition) is 2. The van der Waals surface area contributed by atoms with Crippen LogP contribution in [-0.2, 0) is 17.6 Å². The van der Waals surface area contributed by atoms with Crippen LogP contribution in [-0.4, -0.2) is 14.1 Å². The van der Waals surface area contributed by atoms with Crippen LogP contribution in [0.1, 0.15) is 38.3 Å². The van der Waals surface area contributed by atoms with Gasteiger partial charge in [0.05, 0.1) is 0 Å². The number of carbonyl (C=O) groups is 1. The Bertz CT molecular complexity index is 699. The summed E-state index contributed by atoms with van der Waals surface area (Å²) in [5.41, 5.74) is 2.21. The van der Waals surface area contributed by atoms with Crippen molar-refractivity contribution in [2.75, 3.05) is 0 Å². The number of aryl methyl sites for hydroxylation is 1. The maximum Gasteiger partial charge on any atom is 0.250 e. The van der Waals surface area contributed by atoms with Gasteiger partial charge in [-0.1, -0.05) is 69.3 Å². The van der Waals surface area contributed by atoms with Gasteiger partial charge in [0.2, 0.25) is 8.32 Å². The van der Waals surface area contributed by atoms with E-state index >= 15 is 0 Å². The Balaban J connectivity index is 2.04. The van der Waals surface area contributed by atoms with Gasteiger partial charge in [0.1, 0.15) is 11.5 Å². The van der Waals surface area contributed by atoms with Crippen LogP contribution in [0.4, 0.5) is 0 Å². The Hall–Kier alpha value is -1.87. The van der Waals surface area contributed by atoms with Gasteiger partial charge in [0.15, 0.2) is 0 Å². The lowest BCUT2D eigenvalue weighted by atomic mass is 10.0. The van der Waals surface area contributed by atoms with Gasteiger partial charge in [0.25, 0.3) is 0 Å². The minimum Gasteiger partial charge on any atom is -0.543 e. The largest absolute Gasteiger partial charge is 0.543 e. The molecular weight excluding hydrogens is 324 g/mol. The molecule has 0 aliphatic carbocycles. The van der Waals surface area contributed by atoms with E-state index in [-0.39, 0.29) is 10.8 Å². The SMILES string of the molecule is CC(C)(C)[Si](C)(C)Oc1ccccc1CC(=O)CCc1ccccc1. The maximum absolute atomic E-state index is 12.5. The van der Waals surface area contributed by atoms with Crippen LogP contribution in [0, 0.1) is 0 Å². The number of carbonyl (C=O) groups excluding carboxylic acids is 1. The van der Waals surface area contributed by atoms with Gasteiger partial charge in [-0.15, -0.1) is 0 Å². The number of Topliss-reactive ketones (excluding diaryl/α,β-unsaturated/α-hetero) is 1. The van der Waals surface area contributed by atoms with E-state index in [0.717, 1.165) is 17.7 Å². The second kappa shape index (κ2) is 8.00. The molecule has 0 saturated carbocycles. The zero-order valence-corrected chi connectivity index (χ0v) is 17.1. The third-order valence-electron chi connectivity index (χ3n) is 5.07. The summed E-state index contributed by atoms with van der Waals surface area (Å²) in [5, 5.41) is 0.136. The molecule has 2 rings (SSSR count). The molecular formula is C22H30O2Si. The van der Waals surface area contributed by atoms with E-state index in [0.29, 0.717) is 12.8 Å². The summed E-state index contributed by atoms with van der Waals surface area (Å²) in [4.78, 5) is 12.5. The Morgan fingerprint density at radius 3 is 2.20 bits per heavy atom. The predicted molar refractivity (Wildman–Crippen MR) is 108 cm³/mol. The van der Waals surface area contributed by atoms with Gasteiger partial charge in [0, 0.05) is 18.4 Å². The fraction of sp³-hybridized carbons (Fsp3) is 0.409. The minimum absolute atomic E-state index is 0.136. The molecule has 2 nitrogen and oxygen atoms in total. The molecule has 0 radical (unpaired) electrons. The normalized spacial score (nSPS) is 12.0. The molecule has 0 aliphatic rings. The molecule has 2 aromatic carbocycles. The highest BCUT2D eigenvalue weighted by Gasteiger charge is 2.39. The van der Waals surface area contributed by atoms with Crippen LogP contribution in [0.2, 0.25) is 18.1 Å². The number of para-hydroxylation sites is 1. The average Bonchev–Trinajstić information content (AvgIpc) is 2.54. The second-order valence-electron chi connectivity index (χ2n) is 8.17. The molecule has 2 aromatic rings. The van der Waals surface area contributed by atoms with Crippen LogP contribution in [0.5, 0.6) is 5.75 Å². The molecule has 0 saturated heterocycles. The molecule has 0 aromatic heterocycles. The van der Waals surface area contributed by atoms with E-state index in [1.165, 1.54) is 5.56 Å². The molecule has 0 amide bonds. The molecule has 0 aliphatic heterocycles. The molecule has 3 heteroatoms. The molecule has 0 bridgehead atoms. The third kappa shape index (κ3) is 5.57. The van der Waals surface area contributed by atoms with Crippen molar-refractivity contribution < 1.29 is 9.22 Å². The van der Waals surface area contributed by atoms with Crippen molar-refractivity contribution in [2.45, 2.75) is 58.2 Å². The van der Waals surface area contributed by atoms with Gasteiger partial charge < -0.3 is 4.43 Å². The molecule has 0 spiro atoms. The fourth-order valence-corrected chi connectivity index (χ4v) is 3.46. The topological polar surface area (TPSA) is 26.3 Å². The first kappa shape index (κ1) is 19.5. The molecule has 0 fully saturated rings. The first-order valence-corrected chi connectivity index (χ1v) is 11.9. The lowest BCUT2D eigenvalue weighted by molar-refractivity contribution is -0.118. The van der Waals surface area contributed by atoms with Crippen molar-refractivity contribution in [1.82, 2.24) is 0 Å². The molecule has 0 N–H and O–H groups in total. The smallest absolute Gasteiger partial charge is 0.250 e. The fourth-order valence-electron chi connectivity index (χ4n) is 2.41. The number of hydrogen-bond donors (Lipinski definition) is 0. The van der Waals surface area contributed by atoms with Gasteiger partial charge >= 0.3 is 0 Å². The van der Waals surface area contributed by atoms with Crippen molar-refractivity contribution in [3.05, 3.63) is 65.7 Å². The Morgan fingerprint density at radius 2 is 1.56 bits per heavy atom. The Morgan fingerprint density at radius 1 is 0.960 bits per heavy atom. The van der Waals surface area contributed by atoms with Crippen LogP contribution in [0.3, 0.4) is 0 Å². The average molecular weight is 355 g/mol. The van der Waals surface area contributed by atoms with Crippen molar-refractivity contribution in [2.24, 2.45) is 0 Å². The van der Waals surface area contributed by atoms with Gasteiger partial charge in [-0.05, 0) is 36.2 Å². The number of rotatable bonds is 7. The quantitative estimate of drug-likeness (QED) is 0.586. The molecule has 0 atom stereocenters. The van der Waals surface area contributed by atoms with Crippen LogP contribution < -0.4 is 4.43 Å². The van der Waals surface area contributed by atoms with Crippen molar-refractivity contribution >= 4 is 14.1 Å². The Labute approximate surface area is 153 Å². The zero-order valence-electron chi connectivity index (χ0n) is 16.1. The standard InChI is InChI=1S/C22H30O2Si/c1-22(2,3)25(4,5)24-21-14-10-9-13-19(21)17-20(23)16-15-18-11-7-6-8-12-18/h6-14H,15-17H2,1-5H3. The number of ketones is 1. The lowest BCUT2D eigenvalue weighted by Gasteiger charge is -2.37. The summed E-state index contributed by atoms with van der Waals surface area (Å²) >= 11 is 0. The first-order valence-electron chi connectivity index (χ1n) is 9.01. The van der Waals surface area contributed by atoms with Crippen molar-refractivity contribution in [3.63, 3.8) is 0 Å². The van der Waals surface area contributed by atoms with Gasteiger partial charge in [-0.3, -0.25) is 4.79 Å². The zero-order chi connectivity index (χ0) is 18.5. The summed E-state index contributed by atoms with van der Waals surface area (Å²) in [6.07, 6.45) is 1.81. The summed E-state index contributed by atoms with van der Waals surface area (Å²) in [5.74, 6) is 1.14. The van der Waals surface area contributed by atoms with Gasteiger partial charge in [-0.2, -0.15) is 0 Å². The maximum atomic E-state index is 12.5. The van der Waals surface area contributed by atoms with E-state index in [2.05, 4.69) is 46.0 Å². The first-order chi connectivity index (χ1) is 11.7. The summed E-state index contributed by atoms with van der Waals surface area (Å²) in [7, 11) is -1.91. The summed E-state index contributed by atoms with van der Waals surface area (Å²) < 4.78 is 6.45. The van der Waals surface area contributed by atoms with Crippen LogP contribution in [0.25, 0.3) is 0 Å². The molecule has 0 heterocycles. The van der Waals surface area contributed by atoms with E-state index in [4.69, 9.17) is 4.43 Å². The lowest BCUT2D eigenvalue weighted by Crippen LogP contribution is -2.44. The van der Waals surface area contributed by atoms with E-state index in [1.54, 1.807) is 0 Å². The van der Waals surface area contributed by atoms with Gasteiger partial charge in [-0.25, -0.2) is 0 Å². The van der Waals surface area contributed by atoms with E-state index < -0.39 is 8.32 Å². The molecule has 25 heavy (non-hydrogen) atoms. The van der Waals surface area contributed by atoms with E-state index in [9.17, 15) is 4.79 Å². The van der Waals surface area contributed by atoms with Crippen molar-refractivity contribution in [3.8, 4) is 5.75 Å². The summed E-state index contributed by atoms with van der Waals surface area (Å²) in [6.45, 7) is 11.2. The predicted octanol–water partition coefficient (Wildman–Crippen LogP) is 5.82. The highest BCUT2D eigenvalue weighted by atomic mass is 28.4. The molecule has 134 valence electrons. The van der Waals surface area contributed by atoms with E-state index in [1.807, 2.05) is 42.5 Å². The monoisotopic (exact) mass is 354 g/mol. The second-order valence-corrected chi connectivity index (χ2v) is 12.9. The van der Waals surface area contributed by atoms with Crippen molar-refractivity contribution in [1.29, 1.82) is 0 Å². The van der Waals surface area contributed by atoms with Crippen LogP contribution >= 0.6 is 0 Å². The Kier molecular flexibility index (Phi) is 6.23. The van der Waals surface area contributed by atoms with Crippen LogP contribution in [0.15, 0.2) is 54.6 Å². The highest BCUT2D eigenvalue weighted by Crippen LogP contribution is 2.38. The third-order valence-corrected chi connectivity index (χ3v) is 9.41. The minimum atomic E-state index is -1.91. The number of benzene rings is 2. The molecule has 0 unspecified atom stereocenters.